The van der Waals surface area contributed by atoms with Crippen molar-refractivity contribution in [3.8, 4) is 0 Å². The molecule has 3 aliphatic carbocycles. The molecule has 4 aliphatic rings. The van der Waals surface area contributed by atoms with Crippen molar-refractivity contribution in [2.45, 2.75) is 57.3 Å². The van der Waals surface area contributed by atoms with Gasteiger partial charge in [0, 0.05) is 24.7 Å². The van der Waals surface area contributed by atoms with Gasteiger partial charge in [0.05, 0.1) is 31.3 Å². The van der Waals surface area contributed by atoms with Crippen LogP contribution < -0.4 is 0 Å². The minimum absolute atomic E-state index is 0.0976. The second-order valence-electron chi connectivity index (χ2n) is 8.87. The van der Waals surface area contributed by atoms with E-state index in [0.717, 1.165) is 19.3 Å². The summed E-state index contributed by atoms with van der Waals surface area (Å²) in [7, 11) is 0. The van der Waals surface area contributed by atoms with Crippen LogP contribution in [0.5, 0.6) is 0 Å². The quantitative estimate of drug-likeness (QED) is 0.754. The first-order chi connectivity index (χ1) is 12.4. The molecule has 4 rings (SSSR count). The van der Waals surface area contributed by atoms with Crippen molar-refractivity contribution in [1.29, 1.82) is 0 Å². The third-order valence-corrected chi connectivity index (χ3v) is 7.53. The van der Waals surface area contributed by atoms with Gasteiger partial charge in [0.1, 0.15) is 5.78 Å². The van der Waals surface area contributed by atoms with E-state index in [4.69, 9.17) is 9.47 Å². The summed E-state index contributed by atoms with van der Waals surface area (Å²) < 4.78 is 11.8. The Kier molecular flexibility index (Phi) is 4.42. The number of aliphatic hydroxyl groups is 2. The lowest BCUT2D eigenvalue weighted by Crippen LogP contribution is -2.59. The number of hydrogen-bond donors (Lipinski definition) is 2. The zero-order valence-corrected chi connectivity index (χ0v) is 15.6. The van der Waals surface area contributed by atoms with Crippen molar-refractivity contribution in [3.05, 3.63) is 24.3 Å². The molecule has 3 fully saturated rings. The van der Waals surface area contributed by atoms with Crippen LogP contribution in [0.25, 0.3) is 0 Å². The second kappa shape index (κ2) is 6.26. The SMILES string of the molecule is C=CCC1(CO)CC(O)C2C(CC=C3CC4(CCC32C)OCCO4)C1=O. The molecule has 0 aromatic heterocycles. The maximum Gasteiger partial charge on any atom is 0.172 e. The van der Waals surface area contributed by atoms with Crippen LogP contribution in [0.4, 0.5) is 0 Å². The van der Waals surface area contributed by atoms with Crippen molar-refractivity contribution < 1.29 is 24.5 Å². The Labute approximate surface area is 155 Å². The number of ketones is 1. The molecular formula is C21H30O5. The highest BCUT2D eigenvalue weighted by Crippen LogP contribution is 2.60. The lowest BCUT2D eigenvalue weighted by molar-refractivity contribution is -0.191. The van der Waals surface area contributed by atoms with Crippen LogP contribution in [0.2, 0.25) is 0 Å². The number of hydrogen-bond acceptors (Lipinski definition) is 5. The van der Waals surface area contributed by atoms with Gasteiger partial charge in [-0.05, 0) is 31.1 Å². The van der Waals surface area contributed by atoms with Crippen LogP contribution in [-0.4, -0.2) is 47.7 Å². The molecule has 2 N–H and O–H groups in total. The Morgan fingerprint density at radius 3 is 2.73 bits per heavy atom. The third-order valence-electron chi connectivity index (χ3n) is 7.53. The summed E-state index contributed by atoms with van der Waals surface area (Å²) in [6.07, 6.45) is 6.99. The van der Waals surface area contributed by atoms with Gasteiger partial charge in [0.15, 0.2) is 5.79 Å². The fourth-order valence-electron chi connectivity index (χ4n) is 6.13. The number of Topliss-reactive ketones (excluding diaryl/α,β-unsaturated/α-hetero) is 1. The van der Waals surface area contributed by atoms with E-state index in [9.17, 15) is 15.0 Å². The molecular weight excluding hydrogens is 332 g/mol. The number of rotatable bonds is 3. The molecule has 5 unspecified atom stereocenters. The maximum absolute atomic E-state index is 13.3. The van der Waals surface area contributed by atoms with Gasteiger partial charge in [-0.3, -0.25) is 4.79 Å². The number of fused-ring (bicyclic) bond motifs is 3. The first-order valence-electron chi connectivity index (χ1n) is 9.81. The summed E-state index contributed by atoms with van der Waals surface area (Å²) in [5.41, 5.74) is 0.172. The standard InChI is InChI=1S/C21H30O5/c1-3-6-20(13-22)12-16(23)17-15(18(20)24)5-4-14-11-21(25-9-10-26-21)8-7-19(14,17)2/h3-4,15-17,22-23H,1,5-13H2,2H3. The minimum atomic E-state index is -0.877. The molecule has 1 aliphatic heterocycles. The monoisotopic (exact) mass is 362 g/mol. The average molecular weight is 362 g/mol. The van der Waals surface area contributed by atoms with E-state index in [1.165, 1.54) is 5.57 Å². The molecule has 1 saturated heterocycles. The predicted molar refractivity (Wildman–Crippen MR) is 96.2 cm³/mol. The number of carbonyl (C=O) groups is 1. The summed E-state index contributed by atoms with van der Waals surface area (Å²) >= 11 is 0. The Hall–Kier alpha value is -1.01. The molecule has 0 radical (unpaired) electrons. The minimum Gasteiger partial charge on any atom is -0.395 e. The Morgan fingerprint density at radius 2 is 2.08 bits per heavy atom. The van der Waals surface area contributed by atoms with Gasteiger partial charge < -0.3 is 19.7 Å². The summed E-state index contributed by atoms with van der Waals surface area (Å²) in [6.45, 7) is 6.98. The van der Waals surface area contributed by atoms with Crippen molar-refractivity contribution in [2.24, 2.45) is 22.7 Å². The normalized spacial score (nSPS) is 44.3. The summed E-state index contributed by atoms with van der Waals surface area (Å²) in [4.78, 5) is 13.3. The van der Waals surface area contributed by atoms with Gasteiger partial charge >= 0.3 is 0 Å². The van der Waals surface area contributed by atoms with Crippen molar-refractivity contribution in [2.75, 3.05) is 19.8 Å². The molecule has 0 amide bonds. The van der Waals surface area contributed by atoms with Crippen molar-refractivity contribution in [3.63, 3.8) is 0 Å². The van der Waals surface area contributed by atoms with Gasteiger partial charge in [0.2, 0.25) is 0 Å². The molecule has 144 valence electrons. The predicted octanol–water partition coefficient (Wildman–Crippen LogP) is 2.37. The molecule has 5 heteroatoms. The van der Waals surface area contributed by atoms with Crippen LogP contribution in [0.15, 0.2) is 24.3 Å². The number of aliphatic hydroxyl groups excluding tert-OH is 2. The van der Waals surface area contributed by atoms with Crippen LogP contribution in [0.3, 0.4) is 0 Å². The molecule has 5 atom stereocenters. The number of carbonyl (C=O) groups excluding carboxylic acids is 1. The molecule has 0 aromatic carbocycles. The largest absolute Gasteiger partial charge is 0.395 e. The van der Waals surface area contributed by atoms with E-state index in [2.05, 4.69) is 19.6 Å². The third kappa shape index (κ3) is 2.48. The second-order valence-corrected chi connectivity index (χ2v) is 8.87. The Bertz CT molecular complexity index is 634. The molecule has 26 heavy (non-hydrogen) atoms. The van der Waals surface area contributed by atoms with Gasteiger partial charge in [-0.2, -0.15) is 0 Å². The molecule has 2 saturated carbocycles. The average Bonchev–Trinajstić information content (AvgIpc) is 3.07. The lowest BCUT2D eigenvalue weighted by atomic mass is 9.48. The van der Waals surface area contributed by atoms with E-state index in [1.807, 2.05) is 0 Å². The first-order valence-corrected chi connectivity index (χ1v) is 9.81. The topological polar surface area (TPSA) is 76.0 Å². The summed E-state index contributed by atoms with van der Waals surface area (Å²) in [5.74, 6) is -0.739. The fourth-order valence-corrected chi connectivity index (χ4v) is 6.13. The molecule has 0 bridgehead atoms. The van der Waals surface area contributed by atoms with E-state index >= 15 is 0 Å². The summed E-state index contributed by atoms with van der Waals surface area (Å²) in [5, 5.41) is 21.0. The highest BCUT2D eigenvalue weighted by molar-refractivity contribution is 5.89. The zero-order valence-electron chi connectivity index (χ0n) is 15.6. The Balaban J connectivity index is 1.67. The summed E-state index contributed by atoms with van der Waals surface area (Å²) in [6, 6.07) is 0. The fraction of sp³-hybridized carbons (Fsp3) is 0.762. The first kappa shape index (κ1) is 18.4. The highest BCUT2D eigenvalue weighted by Gasteiger charge is 2.60. The molecule has 0 aromatic rings. The highest BCUT2D eigenvalue weighted by atomic mass is 16.7. The van der Waals surface area contributed by atoms with E-state index in [0.29, 0.717) is 32.5 Å². The molecule has 1 heterocycles. The van der Waals surface area contributed by atoms with Gasteiger partial charge in [-0.1, -0.05) is 24.6 Å². The van der Waals surface area contributed by atoms with Crippen molar-refractivity contribution in [1.82, 2.24) is 0 Å². The van der Waals surface area contributed by atoms with Crippen LogP contribution >= 0.6 is 0 Å². The van der Waals surface area contributed by atoms with Crippen LogP contribution in [0.1, 0.15) is 45.4 Å². The Morgan fingerprint density at radius 1 is 1.35 bits per heavy atom. The van der Waals surface area contributed by atoms with Gasteiger partial charge in [-0.25, -0.2) is 0 Å². The molecule has 5 nitrogen and oxygen atoms in total. The van der Waals surface area contributed by atoms with E-state index < -0.39 is 17.3 Å². The van der Waals surface area contributed by atoms with Gasteiger partial charge in [-0.15, -0.1) is 6.58 Å². The maximum atomic E-state index is 13.3. The van der Waals surface area contributed by atoms with Gasteiger partial charge in [0.25, 0.3) is 0 Å². The smallest absolute Gasteiger partial charge is 0.172 e. The molecule has 1 spiro atoms. The van der Waals surface area contributed by atoms with Crippen LogP contribution in [-0.2, 0) is 14.3 Å². The van der Waals surface area contributed by atoms with E-state index in [-0.39, 0.29) is 29.6 Å². The number of allylic oxidation sites excluding steroid dienone is 2. The van der Waals surface area contributed by atoms with Crippen molar-refractivity contribution >= 4 is 5.78 Å². The zero-order chi connectivity index (χ0) is 18.6. The van der Waals surface area contributed by atoms with Crippen LogP contribution in [0, 0.1) is 22.7 Å². The number of ether oxygens (including phenoxy) is 2. The van der Waals surface area contributed by atoms with E-state index in [1.54, 1.807) is 6.08 Å². The lowest BCUT2D eigenvalue weighted by Gasteiger charge is -2.57.